The van der Waals surface area contributed by atoms with Crippen molar-refractivity contribution in [2.24, 2.45) is 0 Å². The van der Waals surface area contributed by atoms with Crippen LogP contribution >= 0.6 is 0 Å². The van der Waals surface area contributed by atoms with Crippen LogP contribution in [0.1, 0.15) is 25.6 Å². The highest BCUT2D eigenvalue weighted by atomic mass is 15.1. The van der Waals surface area contributed by atoms with Crippen molar-refractivity contribution in [2.45, 2.75) is 19.8 Å². The van der Waals surface area contributed by atoms with Crippen molar-refractivity contribution in [3.05, 3.63) is 85.1 Å². The molecule has 5 heteroatoms. The number of fused-ring (bicyclic) bond motifs is 2. The van der Waals surface area contributed by atoms with Crippen molar-refractivity contribution < 1.29 is 0 Å². The van der Waals surface area contributed by atoms with Gasteiger partial charge in [0.1, 0.15) is 11.3 Å². The SMILES string of the molecule is CC(C)c1ncc2c(Nc3ccc4ccc(-c5ccccc5)nc4c3)nccn12. The average molecular weight is 379 g/mol. The number of anilines is 2. The molecule has 2 aromatic carbocycles. The summed E-state index contributed by atoms with van der Waals surface area (Å²) in [6.45, 7) is 4.28. The van der Waals surface area contributed by atoms with Gasteiger partial charge < -0.3 is 5.32 Å². The highest BCUT2D eigenvalue weighted by molar-refractivity contribution is 5.86. The minimum Gasteiger partial charge on any atom is -0.338 e. The Labute approximate surface area is 169 Å². The van der Waals surface area contributed by atoms with Gasteiger partial charge in [-0.15, -0.1) is 0 Å². The second-order valence-corrected chi connectivity index (χ2v) is 7.40. The molecule has 0 aliphatic heterocycles. The molecule has 1 N–H and O–H groups in total. The Morgan fingerprint density at radius 2 is 1.76 bits per heavy atom. The zero-order valence-corrected chi connectivity index (χ0v) is 16.4. The van der Waals surface area contributed by atoms with E-state index in [9.17, 15) is 0 Å². The predicted octanol–water partition coefficient (Wildman–Crippen LogP) is 5.81. The molecule has 0 bridgehead atoms. The van der Waals surface area contributed by atoms with Crippen LogP contribution in [-0.4, -0.2) is 19.4 Å². The molecule has 3 aromatic heterocycles. The lowest BCUT2D eigenvalue weighted by atomic mass is 10.1. The quantitative estimate of drug-likeness (QED) is 0.428. The molecule has 5 nitrogen and oxygen atoms in total. The number of imidazole rings is 1. The predicted molar refractivity (Wildman–Crippen MR) is 118 cm³/mol. The highest BCUT2D eigenvalue weighted by Crippen LogP contribution is 2.26. The molecule has 0 aliphatic rings. The van der Waals surface area contributed by atoms with Gasteiger partial charge in [-0.2, -0.15) is 0 Å². The van der Waals surface area contributed by atoms with Gasteiger partial charge in [0.2, 0.25) is 0 Å². The molecule has 0 amide bonds. The molecule has 0 saturated heterocycles. The molecule has 29 heavy (non-hydrogen) atoms. The summed E-state index contributed by atoms with van der Waals surface area (Å²) < 4.78 is 2.09. The lowest BCUT2D eigenvalue weighted by molar-refractivity contribution is 0.769. The minimum atomic E-state index is 0.342. The molecule has 0 fully saturated rings. The second-order valence-electron chi connectivity index (χ2n) is 7.40. The van der Waals surface area contributed by atoms with Crippen LogP contribution in [0.5, 0.6) is 0 Å². The van der Waals surface area contributed by atoms with Gasteiger partial charge >= 0.3 is 0 Å². The molecule has 0 unspecified atom stereocenters. The van der Waals surface area contributed by atoms with E-state index < -0.39 is 0 Å². The lowest BCUT2D eigenvalue weighted by Gasteiger charge is -2.10. The fraction of sp³-hybridized carbons (Fsp3) is 0.125. The summed E-state index contributed by atoms with van der Waals surface area (Å²) in [5.74, 6) is 2.15. The number of rotatable bonds is 4. The van der Waals surface area contributed by atoms with Crippen LogP contribution in [0.15, 0.2) is 79.3 Å². The molecule has 5 aromatic rings. The zero-order chi connectivity index (χ0) is 19.8. The van der Waals surface area contributed by atoms with E-state index in [-0.39, 0.29) is 0 Å². The van der Waals surface area contributed by atoms with Gasteiger partial charge in [-0.05, 0) is 18.2 Å². The normalized spacial score (nSPS) is 11.4. The standard InChI is InChI=1S/C24H21N5/c1-16(2)24-26-15-22-23(25-12-13-29(22)24)27-19-10-8-18-9-11-20(28-21(18)14-19)17-6-4-3-5-7-17/h3-16H,1-2H3,(H,25,27). The molecule has 0 saturated carbocycles. The van der Waals surface area contributed by atoms with Gasteiger partial charge in [0, 0.05) is 34.9 Å². The summed E-state index contributed by atoms with van der Waals surface area (Å²) in [5.41, 5.74) is 4.93. The highest BCUT2D eigenvalue weighted by Gasteiger charge is 2.11. The molecule has 0 radical (unpaired) electrons. The molecule has 142 valence electrons. The van der Waals surface area contributed by atoms with Gasteiger partial charge in [0.25, 0.3) is 0 Å². The Morgan fingerprint density at radius 1 is 0.931 bits per heavy atom. The number of aromatic nitrogens is 4. The summed E-state index contributed by atoms with van der Waals surface area (Å²) >= 11 is 0. The third-order valence-electron chi connectivity index (χ3n) is 5.03. The third-order valence-corrected chi connectivity index (χ3v) is 5.03. The van der Waals surface area contributed by atoms with Crippen molar-refractivity contribution in [3.63, 3.8) is 0 Å². The van der Waals surface area contributed by atoms with E-state index in [0.29, 0.717) is 5.92 Å². The summed E-state index contributed by atoms with van der Waals surface area (Å²) in [4.78, 5) is 13.9. The van der Waals surface area contributed by atoms with Crippen LogP contribution in [0.4, 0.5) is 11.5 Å². The van der Waals surface area contributed by atoms with E-state index in [1.54, 1.807) is 6.20 Å². The first kappa shape index (κ1) is 17.4. The number of hydrogen-bond donors (Lipinski definition) is 1. The Hall–Kier alpha value is -3.73. The maximum Gasteiger partial charge on any atom is 0.156 e. The van der Waals surface area contributed by atoms with Crippen LogP contribution in [0.25, 0.3) is 27.7 Å². The van der Waals surface area contributed by atoms with E-state index in [1.807, 2.05) is 30.6 Å². The molecule has 0 atom stereocenters. The Morgan fingerprint density at radius 3 is 2.59 bits per heavy atom. The zero-order valence-electron chi connectivity index (χ0n) is 16.4. The average Bonchev–Trinajstić information content (AvgIpc) is 3.19. The molecule has 3 heterocycles. The van der Waals surface area contributed by atoms with Crippen LogP contribution in [0.2, 0.25) is 0 Å². The molecule has 0 aliphatic carbocycles. The number of hydrogen-bond acceptors (Lipinski definition) is 4. The van der Waals surface area contributed by atoms with E-state index in [0.717, 1.165) is 45.0 Å². The van der Waals surface area contributed by atoms with Crippen molar-refractivity contribution >= 4 is 27.9 Å². The number of pyridine rings is 1. The fourth-order valence-electron chi connectivity index (χ4n) is 3.57. The first-order valence-corrected chi connectivity index (χ1v) is 9.74. The van der Waals surface area contributed by atoms with E-state index >= 15 is 0 Å². The Kier molecular flexibility index (Phi) is 4.21. The molecule has 0 spiro atoms. The van der Waals surface area contributed by atoms with Crippen LogP contribution < -0.4 is 5.32 Å². The molecular weight excluding hydrogens is 358 g/mol. The maximum absolute atomic E-state index is 4.86. The van der Waals surface area contributed by atoms with Crippen LogP contribution in [0.3, 0.4) is 0 Å². The van der Waals surface area contributed by atoms with Gasteiger partial charge in [0.15, 0.2) is 5.82 Å². The summed E-state index contributed by atoms with van der Waals surface area (Å²) in [6, 6.07) is 20.6. The third kappa shape index (κ3) is 3.21. The number of nitrogens with one attached hydrogen (secondary N) is 1. The van der Waals surface area contributed by atoms with Crippen LogP contribution in [0, 0.1) is 0 Å². The monoisotopic (exact) mass is 379 g/mol. The van der Waals surface area contributed by atoms with Gasteiger partial charge in [-0.25, -0.2) is 15.0 Å². The minimum absolute atomic E-state index is 0.342. The lowest BCUT2D eigenvalue weighted by Crippen LogP contribution is -2.00. The van der Waals surface area contributed by atoms with E-state index in [1.165, 1.54) is 0 Å². The Balaban J connectivity index is 1.53. The topological polar surface area (TPSA) is 55.1 Å². The van der Waals surface area contributed by atoms with Crippen molar-refractivity contribution in [1.82, 2.24) is 19.4 Å². The fourth-order valence-corrected chi connectivity index (χ4v) is 3.57. The molecular formula is C24H21N5. The van der Waals surface area contributed by atoms with Gasteiger partial charge in [-0.3, -0.25) is 4.40 Å². The first-order chi connectivity index (χ1) is 14.2. The molecule has 5 rings (SSSR count). The smallest absolute Gasteiger partial charge is 0.156 e. The first-order valence-electron chi connectivity index (χ1n) is 9.74. The second kappa shape index (κ2) is 7.02. The summed E-state index contributed by atoms with van der Waals surface area (Å²) in [7, 11) is 0. The summed E-state index contributed by atoms with van der Waals surface area (Å²) in [5, 5.41) is 4.54. The van der Waals surface area contributed by atoms with Crippen molar-refractivity contribution in [1.29, 1.82) is 0 Å². The van der Waals surface area contributed by atoms with E-state index in [4.69, 9.17) is 4.98 Å². The Bertz CT molecular complexity index is 1310. The van der Waals surface area contributed by atoms with Gasteiger partial charge in [0.05, 0.1) is 17.4 Å². The maximum atomic E-state index is 4.86. The van der Waals surface area contributed by atoms with Gasteiger partial charge in [-0.1, -0.05) is 56.3 Å². The summed E-state index contributed by atoms with van der Waals surface area (Å²) in [6.07, 6.45) is 5.63. The van der Waals surface area contributed by atoms with Crippen molar-refractivity contribution in [2.75, 3.05) is 5.32 Å². The van der Waals surface area contributed by atoms with E-state index in [2.05, 4.69) is 76.0 Å². The van der Waals surface area contributed by atoms with Crippen molar-refractivity contribution in [3.8, 4) is 11.3 Å². The number of nitrogens with zero attached hydrogens (tertiary/aromatic N) is 4. The number of benzene rings is 2. The van der Waals surface area contributed by atoms with Crippen LogP contribution in [-0.2, 0) is 0 Å². The largest absolute Gasteiger partial charge is 0.338 e.